The Bertz CT molecular complexity index is 1000. The van der Waals surface area contributed by atoms with Crippen LogP contribution in [-0.4, -0.2) is 14.6 Å². The van der Waals surface area contributed by atoms with Crippen LogP contribution < -0.4 is 0 Å². The minimum atomic E-state index is 0.390. The van der Waals surface area contributed by atoms with Gasteiger partial charge in [0, 0.05) is 5.56 Å². The highest BCUT2D eigenvalue weighted by molar-refractivity contribution is 7.19. The Morgan fingerprint density at radius 2 is 2.09 bits per heavy atom. The number of aromatic nitrogens is 3. The first-order valence-corrected chi connectivity index (χ1v) is 7.49. The number of nitrogens with zero attached hydrogens (tertiary/aromatic N) is 4. The van der Waals surface area contributed by atoms with Crippen LogP contribution in [0.25, 0.3) is 27.0 Å². The molecule has 1 aromatic carbocycles. The van der Waals surface area contributed by atoms with E-state index in [2.05, 4.69) is 16.2 Å². The standard InChI is InChI=1S/C16H10N4OS/c1-10-5-2-3-6-11(10)15-19-20-12(9-17)14(18-16(20)22-15)13-7-4-8-21-13/h2-8H,1H3. The van der Waals surface area contributed by atoms with Gasteiger partial charge in [0.25, 0.3) is 0 Å². The number of nitriles is 1. The fourth-order valence-corrected chi connectivity index (χ4v) is 3.35. The number of hydrogen-bond donors (Lipinski definition) is 0. The predicted molar refractivity (Wildman–Crippen MR) is 83.5 cm³/mol. The molecule has 3 heterocycles. The Kier molecular flexibility index (Phi) is 2.81. The molecule has 3 aromatic heterocycles. The number of hydrogen-bond acceptors (Lipinski definition) is 5. The zero-order valence-electron chi connectivity index (χ0n) is 11.6. The molecule has 0 saturated heterocycles. The molecular formula is C16H10N4OS. The monoisotopic (exact) mass is 306 g/mol. The Morgan fingerprint density at radius 3 is 2.82 bits per heavy atom. The molecule has 4 aromatic rings. The van der Waals surface area contributed by atoms with Crippen LogP contribution >= 0.6 is 11.3 Å². The van der Waals surface area contributed by atoms with Crippen LogP contribution in [-0.2, 0) is 0 Å². The summed E-state index contributed by atoms with van der Waals surface area (Å²) in [5.74, 6) is 0.576. The van der Waals surface area contributed by atoms with Crippen molar-refractivity contribution < 1.29 is 4.42 Å². The summed E-state index contributed by atoms with van der Waals surface area (Å²) in [5.41, 5.74) is 3.12. The summed E-state index contributed by atoms with van der Waals surface area (Å²) in [5, 5.41) is 14.9. The third kappa shape index (κ3) is 1.84. The fourth-order valence-electron chi connectivity index (χ4n) is 2.36. The number of rotatable bonds is 2. The van der Waals surface area contributed by atoms with Gasteiger partial charge < -0.3 is 4.42 Å². The Balaban J connectivity index is 1.92. The Hall–Kier alpha value is -2.91. The molecule has 0 spiro atoms. The molecule has 0 saturated carbocycles. The van der Waals surface area contributed by atoms with E-state index < -0.39 is 0 Å². The average Bonchev–Trinajstić information content (AvgIpc) is 3.22. The van der Waals surface area contributed by atoms with Crippen molar-refractivity contribution in [1.29, 1.82) is 5.26 Å². The van der Waals surface area contributed by atoms with E-state index in [1.165, 1.54) is 11.3 Å². The third-order valence-corrected chi connectivity index (χ3v) is 4.38. The van der Waals surface area contributed by atoms with Gasteiger partial charge >= 0.3 is 0 Å². The maximum atomic E-state index is 9.45. The van der Waals surface area contributed by atoms with Crippen molar-refractivity contribution >= 4 is 16.3 Å². The Morgan fingerprint density at radius 1 is 1.23 bits per heavy atom. The highest BCUT2D eigenvalue weighted by atomic mass is 32.1. The lowest BCUT2D eigenvalue weighted by molar-refractivity contribution is 0.580. The van der Waals surface area contributed by atoms with Gasteiger partial charge in [0.15, 0.2) is 11.5 Å². The topological polar surface area (TPSA) is 67.1 Å². The Labute approximate surface area is 130 Å². The van der Waals surface area contributed by atoms with Gasteiger partial charge in [-0.2, -0.15) is 14.9 Å². The molecule has 0 N–H and O–H groups in total. The number of aryl methyl sites for hydroxylation is 1. The van der Waals surface area contributed by atoms with Gasteiger partial charge in [0.05, 0.1) is 6.26 Å². The van der Waals surface area contributed by atoms with E-state index in [0.717, 1.165) is 16.1 Å². The van der Waals surface area contributed by atoms with E-state index in [1.54, 1.807) is 22.9 Å². The van der Waals surface area contributed by atoms with E-state index in [-0.39, 0.29) is 0 Å². The third-order valence-electron chi connectivity index (χ3n) is 3.44. The lowest BCUT2D eigenvalue weighted by Gasteiger charge is -1.99. The van der Waals surface area contributed by atoms with Crippen LogP contribution in [0.3, 0.4) is 0 Å². The molecule has 0 radical (unpaired) electrons. The van der Waals surface area contributed by atoms with Gasteiger partial charge in [-0.1, -0.05) is 35.6 Å². The van der Waals surface area contributed by atoms with E-state index in [0.29, 0.717) is 22.1 Å². The number of benzene rings is 1. The number of imidazole rings is 1. The molecule has 0 fully saturated rings. The number of fused-ring (bicyclic) bond motifs is 1. The first-order valence-electron chi connectivity index (χ1n) is 6.67. The lowest BCUT2D eigenvalue weighted by atomic mass is 10.1. The predicted octanol–water partition coefficient (Wildman–Crippen LogP) is 3.90. The number of furan rings is 1. The van der Waals surface area contributed by atoms with Gasteiger partial charge in [0.2, 0.25) is 4.96 Å². The molecule has 5 nitrogen and oxygen atoms in total. The van der Waals surface area contributed by atoms with Gasteiger partial charge in [-0.3, -0.25) is 0 Å². The largest absolute Gasteiger partial charge is 0.463 e. The minimum Gasteiger partial charge on any atom is -0.463 e. The average molecular weight is 306 g/mol. The summed E-state index contributed by atoms with van der Waals surface area (Å²) in [4.78, 5) is 5.19. The quantitative estimate of drug-likeness (QED) is 0.563. The van der Waals surface area contributed by atoms with Gasteiger partial charge in [-0.25, -0.2) is 4.98 Å². The molecule has 22 heavy (non-hydrogen) atoms. The van der Waals surface area contributed by atoms with Crippen molar-refractivity contribution in [2.75, 3.05) is 0 Å². The van der Waals surface area contributed by atoms with Crippen LogP contribution in [0.1, 0.15) is 11.3 Å². The summed E-state index contributed by atoms with van der Waals surface area (Å²) in [6.07, 6.45) is 1.57. The maximum absolute atomic E-state index is 9.45. The van der Waals surface area contributed by atoms with Crippen molar-refractivity contribution in [2.24, 2.45) is 0 Å². The summed E-state index contributed by atoms with van der Waals surface area (Å²) in [7, 11) is 0. The minimum absolute atomic E-state index is 0.390. The van der Waals surface area contributed by atoms with E-state index in [1.807, 2.05) is 31.2 Å². The van der Waals surface area contributed by atoms with Crippen LogP contribution in [0.4, 0.5) is 0 Å². The summed E-state index contributed by atoms with van der Waals surface area (Å²) in [6, 6.07) is 13.8. The normalized spacial score (nSPS) is 10.9. The molecular weight excluding hydrogens is 296 g/mol. The molecule has 106 valence electrons. The van der Waals surface area contributed by atoms with E-state index >= 15 is 0 Å². The van der Waals surface area contributed by atoms with E-state index in [9.17, 15) is 5.26 Å². The van der Waals surface area contributed by atoms with Crippen LogP contribution in [0.5, 0.6) is 0 Å². The first-order chi connectivity index (χ1) is 10.8. The fraction of sp³-hybridized carbons (Fsp3) is 0.0625. The van der Waals surface area contributed by atoms with E-state index in [4.69, 9.17) is 4.42 Å². The molecule has 0 atom stereocenters. The zero-order chi connectivity index (χ0) is 15.1. The molecule has 0 bridgehead atoms. The molecule has 0 amide bonds. The van der Waals surface area contributed by atoms with Gasteiger partial charge in [-0.05, 0) is 24.6 Å². The van der Waals surface area contributed by atoms with Crippen molar-refractivity contribution in [3.05, 3.63) is 53.9 Å². The van der Waals surface area contributed by atoms with Crippen LogP contribution in [0.15, 0.2) is 47.1 Å². The molecule has 0 aliphatic carbocycles. The summed E-state index contributed by atoms with van der Waals surface area (Å²) < 4.78 is 6.93. The van der Waals surface area contributed by atoms with Crippen molar-refractivity contribution in [3.8, 4) is 28.1 Å². The molecule has 4 rings (SSSR count). The second-order valence-corrected chi connectivity index (χ2v) is 5.77. The summed E-state index contributed by atoms with van der Waals surface area (Å²) >= 11 is 1.46. The highest BCUT2D eigenvalue weighted by Gasteiger charge is 2.20. The molecule has 0 aliphatic heterocycles. The summed E-state index contributed by atoms with van der Waals surface area (Å²) in [6.45, 7) is 2.04. The molecule has 6 heteroatoms. The first kappa shape index (κ1) is 12.8. The second-order valence-electron chi connectivity index (χ2n) is 4.81. The van der Waals surface area contributed by atoms with Crippen LogP contribution in [0, 0.1) is 18.3 Å². The smallest absolute Gasteiger partial charge is 0.214 e. The lowest BCUT2D eigenvalue weighted by Crippen LogP contribution is -1.91. The zero-order valence-corrected chi connectivity index (χ0v) is 12.5. The maximum Gasteiger partial charge on any atom is 0.214 e. The second kappa shape index (κ2) is 4.83. The molecule has 0 unspecified atom stereocenters. The van der Waals surface area contributed by atoms with Gasteiger partial charge in [0.1, 0.15) is 16.8 Å². The SMILES string of the molecule is Cc1ccccc1-c1nn2c(C#N)c(-c3ccco3)nc2s1. The molecule has 0 aliphatic rings. The van der Waals surface area contributed by atoms with Crippen LogP contribution in [0.2, 0.25) is 0 Å². The van der Waals surface area contributed by atoms with Gasteiger partial charge in [-0.15, -0.1) is 0 Å². The highest BCUT2D eigenvalue weighted by Crippen LogP contribution is 2.32. The van der Waals surface area contributed by atoms with Crippen molar-refractivity contribution in [2.45, 2.75) is 6.92 Å². The van der Waals surface area contributed by atoms with Crippen molar-refractivity contribution in [3.63, 3.8) is 0 Å². The van der Waals surface area contributed by atoms with Crippen molar-refractivity contribution in [1.82, 2.24) is 14.6 Å².